The van der Waals surface area contributed by atoms with Crippen molar-refractivity contribution in [3.63, 3.8) is 0 Å². The maximum absolute atomic E-state index is 12.4. The number of aromatic hydroxyl groups is 1. The fourth-order valence-corrected chi connectivity index (χ4v) is 4.66. The van der Waals surface area contributed by atoms with E-state index >= 15 is 0 Å². The number of hydrogen-bond acceptors (Lipinski definition) is 5. The number of amides is 1. The van der Waals surface area contributed by atoms with Crippen molar-refractivity contribution in [2.75, 3.05) is 5.43 Å². The Kier molecular flexibility index (Phi) is 4.99. The summed E-state index contributed by atoms with van der Waals surface area (Å²) in [6.07, 6.45) is 5.77. The molecule has 2 aromatic rings. The van der Waals surface area contributed by atoms with Gasteiger partial charge in [-0.25, -0.2) is 13.1 Å². The molecule has 28 heavy (non-hydrogen) atoms. The Balaban J connectivity index is 1.41. The number of hydrazine groups is 1. The third-order valence-corrected chi connectivity index (χ3v) is 6.63. The van der Waals surface area contributed by atoms with Crippen molar-refractivity contribution in [2.45, 2.75) is 49.5 Å². The van der Waals surface area contributed by atoms with Gasteiger partial charge in [-0.05, 0) is 86.1 Å². The number of hydrogen-bond donors (Lipinski definition) is 4. The minimum absolute atomic E-state index is 0.0347. The minimum atomic E-state index is -3.50. The van der Waals surface area contributed by atoms with Gasteiger partial charge in [-0.15, -0.1) is 0 Å². The number of anilines is 1. The summed E-state index contributed by atoms with van der Waals surface area (Å²) in [5, 5.41) is 10.2. The molecule has 1 saturated carbocycles. The van der Waals surface area contributed by atoms with Crippen LogP contribution in [-0.2, 0) is 22.9 Å². The molecule has 0 heterocycles. The second kappa shape index (κ2) is 7.44. The number of aryl methyl sites for hydroxylation is 2. The standard InChI is InChI=1S/C20H23N3O4S/c24-19-12-14-4-2-1-3-13(14)11-18(19)20(25)22-21-15-7-9-17(10-8-15)28(26,27)23-16-5-6-16/h7-12,16,21,23-24H,1-6H2,(H,22,25). The quantitative estimate of drug-likeness (QED) is 0.556. The van der Waals surface area contributed by atoms with Gasteiger partial charge in [0.2, 0.25) is 10.0 Å². The fraction of sp³-hybridized carbons (Fsp3) is 0.350. The smallest absolute Gasteiger partial charge is 0.273 e. The maximum atomic E-state index is 12.4. The van der Waals surface area contributed by atoms with Crippen LogP contribution in [0.5, 0.6) is 5.75 Å². The summed E-state index contributed by atoms with van der Waals surface area (Å²) in [5.41, 5.74) is 8.27. The van der Waals surface area contributed by atoms with Crippen molar-refractivity contribution in [3.05, 3.63) is 53.1 Å². The first-order valence-corrected chi connectivity index (χ1v) is 10.9. The van der Waals surface area contributed by atoms with Gasteiger partial charge < -0.3 is 5.11 Å². The third kappa shape index (κ3) is 4.13. The number of carbonyl (C=O) groups excluding carboxylic acids is 1. The van der Waals surface area contributed by atoms with Crippen LogP contribution < -0.4 is 15.6 Å². The summed E-state index contributed by atoms with van der Waals surface area (Å²) in [6, 6.07) is 9.59. The SMILES string of the molecule is O=C(NNc1ccc(S(=O)(=O)NC2CC2)cc1)c1cc2c(cc1O)CCCC2. The highest BCUT2D eigenvalue weighted by atomic mass is 32.2. The van der Waals surface area contributed by atoms with Gasteiger partial charge in [0, 0.05) is 6.04 Å². The topological polar surface area (TPSA) is 108 Å². The number of fused-ring (bicyclic) bond motifs is 1. The lowest BCUT2D eigenvalue weighted by Gasteiger charge is -2.18. The molecule has 1 fully saturated rings. The number of rotatable bonds is 6. The molecular formula is C20H23N3O4S. The molecule has 8 heteroatoms. The summed E-state index contributed by atoms with van der Waals surface area (Å²) in [6.45, 7) is 0. The number of phenolic OH excluding ortho intramolecular Hbond substituents is 1. The van der Waals surface area contributed by atoms with Gasteiger partial charge >= 0.3 is 0 Å². The van der Waals surface area contributed by atoms with Crippen molar-refractivity contribution >= 4 is 21.6 Å². The highest BCUT2D eigenvalue weighted by Gasteiger charge is 2.27. The average molecular weight is 401 g/mol. The van der Waals surface area contributed by atoms with Crippen LogP contribution >= 0.6 is 0 Å². The van der Waals surface area contributed by atoms with Crippen LogP contribution in [0.4, 0.5) is 5.69 Å². The van der Waals surface area contributed by atoms with Crippen LogP contribution in [-0.4, -0.2) is 25.5 Å². The summed E-state index contributed by atoms with van der Waals surface area (Å²) < 4.78 is 27.0. The van der Waals surface area contributed by atoms with Gasteiger partial charge in [0.05, 0.1) is 16.1 Å². The van der Waals surface area contributed by atoms with Crippen LogP contribution in [0.2, 0.25) is 0 Å². The lowest BCUT2D eigenvalue weighted by Crippen LogP contribution is -2.30. The zero-order valence-electron chi connectivity index (χ0n) is 15.4. The molecule has 0 atom stereocenters. The lowest BCUT2D eigenvalue weighted by atomic mass is 9.90. The molecule has 0 saturated heterocycles. The number of carbonyl (C=O) groups is 1. The van der Waals surface area contributed by atoms with Crippen LogP contribution in [0.25, 0.3) is 0 Å². The number of sulfonamides is 1. The normalized spacial score (nSPS) is 16.3. The first-order valence-electron chi connectivity index (χ1n) is 9.46. The van der Waals surface area contributed by atoms with Crippen LogP contribution in [0.1, 0.15) is 47.2 Å². The van der Waals surface area contributed by atoms with Crippen molar-refractivity contribution in [2.24, 2.45) is 0 Å². The predicted octanol–water partition coefficient (Wildman–Crippen LogP) is 2.47. The van der Waals surface area contributed by atoms with E-state index in [4.69, 9.17) is 0 Å². The van der Waals surface area contributed by atoms with Crippen molar-refractivity contribution in [1.82, 2.24) is 10.1 Å². The Hall–Kier alpha value is -2.58. The summed E-state index contributed by atoms with van der Waals surface area (Å²) in [4.78, 5) is 12.6. The second-order valence-electron chi connectivity index (χ2n) is 7.34. The minimum Gasteiger partial charge on any atom is -0.507 e. The highest BCUT2D eigenvalue weighted by Crippen LogP contribution is 2.28. The summed E-state index contributed by atoms with van der Waals surface area (Å²) in [5.74, 6) is -0.481. The third-order valence-electron chi connectivity index (χ3n) is 5.09. The lowest BCUT2D eigenvalue weighted by molar-refractivity contribution is 0.0960. The molecule has 148 valence electrons. The van der Waals surface area contributed by atoms with E-state index in [1.54, 1.807) is 24.3 Å². The molecule has 0 radical (unpaired) electrons. The van der Waals surface area contributed by atoms with Crippen LogP contribution in [0.3, 0.4) is 0 Å². The number of phenols is 1. The maximum Gasteiger partial charge on any atom is 0.273 e. The largest absolute Gasteiger partial charge is 0.507 e. The van der Waals surface area contributed by atoms with Gasteiger partial charge in [-0.3, -0.25) is 15.6 Å². The number of benzene rings is 2. The summed E-state index contributed by atoms with van der Waals surface area (Å²) in [7, 11) is -3.50. The van der Waals surface area contributed by atoms with Crippen molar-refractivity contribution in [1.29, 1.82) is 0 Å². The Bertz CT molecular complexity index is 999. The molecule has 0 bridgehead atoms. The zero-order valence-corrected chi connectivity index (χ0v) is 16.2. The Morgan fingerprint density at radius 1 is 1.00 bits per heavy atom. The van der Waals surface area contributed by atoms with E-state index < -0.39 is 15.9 Å². The van der Waals surface area contributed by atoms with E-state index in [1.165, 1.54) is 12.1 Å². The average Bonchev–Trinajstić information content (AvgIpc) is 3.49. The van der Waals surface area contributed by atoms with E-state index in [2.05, 4.69) is 15.6 Å². The van der Waals surface area contributed by atoms with Gasteiger partial charge in [0.15, 0.2) is 0 Å². The van der Waals surface area contributed by atoms with E-state index in [0.29, 0.717) is 5.69 Å². The van der Waals surface area contributed by atoms with E-state index in [-0.39, 0.29) is 22.3 Å². The Morgan fingerprint density at radius 3 is 2.29 bits per heavy atom. The van der Waals surface area contributed by atoms with Crippen LogP contribution in [0.15, 0.2) is 41.3 Å². The number of nitrogens with one attached hydrogen (secondary N) is 3. The first kappa shape index (κ1) is 18.8. The highest BCUT2D eigenvalue weighted by molar-refractivity contribution is 7.89. The van der Waals surface area contributed by atoms with E-state index in [1.807, 2.05) is 0 Å². The fourth-order valence-electron chi connectivity index (χ4n) is 3.36. The second-order valence-corrected chi connectivity index (χ2v) is 9.06. The molecule has 1 amide bonds. The van der Waals surface area contributed by atoms with Gasteiger partial charge in [0.1, 0.15) is 5.75 Å². The van der Waals surface area contributed by atoms with Gasteiger partial charge in [0.25, 0.3) is 5.91 Å². The molecule has 0 aliphatic heterocycles. The predicted molar refractivity (Wildman–Crippen MR) is 106 cm³/mol. The monoisotopic (exact) mass is 401 g/mol. The van der Waals surface area contributed by atoms with Gasteiger partial charge in [-0.2, -0.15) is 0 Å². The Morgan fingerprint density at radius 2 is 1.64 bits per heavy atom. The van der Waals surface area contributed by atoms with Crippen LogP contribution in [0, 0.1) is 0 Å². The molecule has 0 spiro atoms. The molecule has 7 nitrogen and oxygen atoms in total. The molecule has 4 rings (SSSR count). The van der Waals surface area contributed by atoms with Crippen molar-refractivity contribution in [3.8, 4) is 5.75 Å². The van der Waals surface area contributed by atoms with E-state index in [0.717, 1.165) is 49.7 Å². The molecule has 0 aromatic heterocycles. The van der Waals surface area contributed by atoms with Crippen molar-refractivity contribution < 1.29 is 18.3 Å². The van der Waals surface area contributed by atoms with E-state index in [9.17, 15) is 18.3 Å². The molecule has 2 aliphatic carbocycles. The zero-order chi connectivity index (χ0) is 19.7. The first-order chi connectivity index (χ1) is 13.4. The summed E-state index contributed by atoms with van der Waals surface area (Å²) >= 11 is 0. The molecular weight excluding hydrogens is 378 g/mol. The molecule has 2 aliphatic rings. The molecule has 4 N–H and O–H groups in total. The van der Waals surface area contributed by atoms with Gasteiger partial charge in [-0.1, -0.05) is 0 Å². The Labute approximate surface area is 164 Å². The molecule has 2 aromatic carbocycles. The molecule has 0 unspecified atom stereocenters.